The number of thiocarbonyl (C=S) groups is 1. The molecule has 0 unspecified atom stereocenters. The second-order valence-electron chi connectivity index (χ2n) is 4.93. The molecule has 0 bridgehead atoms. The van der Waals surface area contributed by atoms with Crippen molar-refractivity contribution in [1.29, 1.82) is 0 Å². The SMILES string of the molecule is CCN(CC)C(=O)c1cccc(NC(=S)NC2CC2)c1. The quantitative estimate of drug-likeness (QED) is 0.819. The Morgan fingerprint density at radius 2 is 2.05 bits per heavy atom. The summed E-state index contributed by atoms with van der Waals surface area (Å²) in [4.78, 5) is 14.1. The van der Waals surface area contributed by atoms with Crippen molar-refractivity contribution in [3.8, 4) is 0 Å². The molecule has 5 heteroatoms. The molecule has 0 aromatic heterocycles. The van der Waals surface area contributed by atoms with Crippen LogP contribution in [0.1, 0.15) is 37.0 Å². The van der Waals surface area contributed by atoms with Crippen LogP contribution in [-0.2, 0) is 0 Å². The van der Waals surface area contributed by atoms with Crippen LogP contribution in [0.4, 0.5) is 5.69 Å². The summed E-state index contributed by atoms with van der Waals surface area (Å²) in [6.07, 6.45) is 2.37. The summed E-state index contributed by atoms with van der Waals surface area (Å²) in [6, 6.07) is 8.00. The molecule has 2 rings (SSSR count). The van der Waals surface area contributed by atoms with Gasteiger partial charge in [0, 0.05) is 30.4 Å². The van der Waals surface area contributed by atoms with Gasteiger partial charge in [-0.15, -0.1) is 0 Å². The summed E-state index contributed by atoms with van der Waals surface area (Å²) in [6.45, 7) is 5.40. The molecule has 0 atom stereocenters. The van der Waals surface area contributed by atoms with Crippen molar-refractivity contribution in [2.45, 2.75) is 32.7 Å². The molecule has 0 heterocycles. The molecule has 1 amide bonds. The minimum Gasteiger partial charge on any atom is -0.360 e. The zero-order valence-electron chi connectivity index (χ0n) is 12.0. The third-order valence-corrected chi connectivity index (χ3v) is 3.55. The number of rotatable bonds is 5. The van der Waals surface area contributed by atoms with Gasteiger partial charge >= 0.3 is 0 Å². The number of hydrogen-bond donors (Lipinski definition) is 2. The molecule has 0 aliphatic heterocycles. The van der Waals surface area contributed by atoms with Gasteiger partial charge in [-0.2, -0.15) is 0 Å². The van der Waals surface area contributed by atoms with Crippen LogP contribution >= 0.6 is 12.2 Å². The Morgan fingerprint density at radius 1 is 1.35 bits per heavy atom. The van der Waals surface area contributed by atoms with E-state index in [1.807, 2.05) is 38.1 Å². The third kappa shape index (κ3) is 3.93. The van der Waals surface area contributed by atoms with Gasteiger partial charge in [-0.05, 0) is 57.1 Å². The minimum atomic E-state index is 0.0553. The van der Waals surface area contributed by atoms with E-state index in [0.717, 1.165) is 5.69 Å². The lowest BCUT2D eigenvalue weighted by Crippen LogP contribution is -2.31. The average Bonchev–Trinajstić information content (AvgIpc) is 3.24. The van der Waals surface area contributed by atoms with Gasteiger partial charge in [0.25, 0.3) is 5.91 Å². The van der Waals surface area contributed by atoms with Crippen LogP contribution in [0, 0.1) is 0 Å². The fourth-order valence-corrected chi connectivity index (χ4v) is 2.29. The number of carbonyl (C=O) groups excluding carboxylic acids is 1. The molecule has 4 nitrogen and oxygen atoms in total. The molecule has 108 valence electrons. The lowest BCUT2D eigenvalue weighted by molar-refractivity contribution is 0.0773. The number of hydrogen-bond acceptors (Lipinski definition) is 2. The molecule has 20 heavy (non-hydrogen) atoms. The second-order valence-corrected chi connectivity index (χ2v) is 5.34. The largest absolute Gasteiger partial charge is 0.360 e. The predicted molar refractivity (Wildman–Crippen MR) is 86.1 cm³/mol. The number of benzene rings is 1. The first-order valence-corrected chi connectivity index (χ1v) is 7.51. The van der Waals surface area contributed by atoms with Crippen LogP contribution in [0.2, 0.25) is 0 Å². The van der Waals surface area contributed by atoms with Crippen LogP contribution in [0.15, 0.2) is 24.3 Å². The molecule has 1 saturated carbocycles. The molecule has 1 aliphatic rings. The first-order valence-electron chi connectivity index (χ1n) is 7.11. The highest BCUT2D eigenvalue weighted by molar-refractivity contribution is 7.80. The van der Waals surface area contributed by atoms with Crippen molar-refractivity contribution < 1.29 is 4.79 Å². The minimum absolute atomic E-state index is 0.0553. The summed E-state index contributed by atoms with van der Waals surface area (Å²) in [5.41, 5.74) is 1.54. The van der Waals surface area contributed by atoms with E-state index >= 15 is 0 Å². The maximum atomic E-state index is 12.3. The van der Waals surface area contributed by atoms with Crippen molar-refractivity contribution in [2.24, 2.45) is 0 Å². The van der Waals surface area contributed by atoms with E-state index in [1.165, 1.54) is 12.8 Å². The molecular formula is C15H21N3OS. The Balaban J connectivity index is 2.02. The van der Waals surface area contributed by atoms with E-state index in [0.29, 0.717) is 29.8 Å². The topological polar surface area (TPSA) is 44.4 Å². The van der Waals surface area contributed by atoms with E-state index in [-0.39, 0.29) is 5.91 Å². The van der Waals surface area contributed by atoms with Crippen molar-refractivity contribution in [3.63, 3.8) is 0 Å². The number of anilines is 1. The Kier molecular flexibility index (Phi) is 4.95. The summed E-state index contributed by atoms with van der Waals surface area (Å²) in [5.74, 6) is 0.0553. The zero-order chi connectivity index (χ0) is 14.5. The standard InChI is InChI=1S/C15H21N3OS/c1-3-18(4-2)14(19)11-6-5-7-13(10-11)17-15(20)16-12-8-9-12/h5-7,10,12H,3-4,8-9H2,1-2H3,(H2,16,17,20). The highest BCUT2D eigenvalue weighted by Gasteiger charge is 2.21. The van der Waals surface area contributed by atoms with Gasteiger partial charge in [0.15, 0.2) is 5.11 Å². The van der Waals surface area contributed by atoms with Crippen LogP contribution in [0.25, 0.3) is 0 Å². The van der Waals surface area contributed by atoms with E-state index in [1.54, 1.807) is 4.90 Å². The van der Waals surface area contributed by atoms with Crippen molar-refractivity contribution in [2.75, 3.05) is 18.4 Å². The molecule has 2 N–H and O–H groups in total. The van der Waals surface area contributed by atoms with Crippen LogP contribution in [0.3, 0.4) is 0 Å². The summed E-state index contributed by atoms with van der Waals surface area (Å²) < 4.78 is 0. The van der Waals surface area contributed by atoms with Gasteiger partial charge in [-0.1, -0.05) is 6.07 Å². The molecule has 1 aliphatic carbocycles. The van der Waals surface area contributed by atoms with E-state index < -0.39 is 0 Å². The fourth-order valence-electron chi connectivity index (χ4n) is 2.00. The van der Waals surface area contributed by atoms with Gasteiger partial charge in [0.2, 0.25) is 0 Å². The lowest BCUT2D eigenvalue weighted by Gasteiger charge is -2.19. The fraction of sp³-hybridized carbons (Fsp3) is 0.467. The number of nitrogens with zero attached hydrogens (tertiary/aromatic N) is 1. The first-order chi connectivity index (χ1) is 9.63. The van der Waals surface area contributed by atoms with Gasteiger partial charge in [0.05, 0.1) is 0 Å². The number of carbonyl (C=O) groups is 1. The first kappa shape index (κ1) is 14.8. The molecule has 1 aromatic carbocycles. The average molecular weight is 291 g/mol. The Hall–Kier alpha value is -1.62. The zero-order valence-corrected chi connectivity index (χ0v) is 12.8. The molecule has 0 radical (unpaired) electrons. The molecule has 1 aromatic rings. The number of amides is 1. The smallest absolute Gasteiger partial charge is 0.253 e. The highest BCUT2D eigenvalue weighted by Crippen LogP contribution is 2.19. The van der Waals surface area contributed by atoms with Crippen molar-refractivity contribution in [1.82, 2.24) is 10.2 Å². The number of nitrogens with one attached hydrogen (secondary N) is 2. The normalized spacial score (nSPS) is 13.7. The monoisotopic (exact) mass is 291 g/mol. The lowest BCUT2D eigenvalue weighted by atomic mass is 10.1. The maximum Gasteiger partial charge on any atom is 0.253 e. The highest BCUT2D eigenvalue weighted by atomic mass is 32.1. The summed E-state index contributed by atoms with van der Waals surface area (Å²) in [7, 11) is 0. The van der Waals surface area contributed by atoms with Gasteiger partial charge in [0.1, 0.15) is 0 Å². The van der Waals surface area contributed by atoms with Crippen LogP contribution in [0.5, 0.6) is 0 Å². The van der Waals surface area contributed by atoms with Gasteiger partial charge in [-0.25, -0.2) is 0 Å². The van der Waals surface area contributed by atoms with Gasteiger partial charge in [-0.3, -0.25) is 4.79 Å². The predicted octanol–water partition coefficient (Wildman–Crippen LogP) is 2.62. The Bertz CT molecular complexity index is 496. The third-order valence-electron chi connectivity index (χ3n) is 3.33. The van der Waals surface area contributed by atoms with Gasteiger partial charge < -0.3 is 15.5 Å². The van der Waals surface area contributed by atoms with E-state index in [2.05, 4.69) is 10.6 Å². The van der Waals surface area contributed by atoms with E-state index in [4.69, 9.17) is 12.2 Å². The molecule has 0 saturated heterocycles. The van der Waals surface area contributed by atoms with Crippen LogP contribution < -0.4 is 10.6 Å². The second kappa shape index (κ2) is 6.70. The van der Waals surface area contributed by atoms with Crippen molar-refractivity contribution in [3.05, 3.63) is 29.8 Å². The Morgan fingerprint density at radius 3 is 2.65 bits per heavy atom. The Labute approximate surface area is 125 Å². The molecule has 1 fully saturated rings. The van der Waals surface area contributed by atoms with Crippen molar-refractivity contribution >= 4 is 28.9 Å². The van der Waals surface area contributed by atoms with E-state index in [9.17, 15) is 4.79 Å². The summed E-state index contributed by atoms with van der Waals surface area (Å²) >= 11 is 5.24. The molecular weight excluding hydrogens is 270 g/mol. The van der Waals surface area contributed by atoms with Crippen LogP contribution in [-0.4, -0.2) is 35.1 Å². The maximum absolute atomic E-state index is 12.3. The molecule has 0 spiro atoms. The summed E-state index contributed by atoms with van der Waals surface area (Å²) in [5, 5.41) is 6.98.